The maximum atomic E-state index is 13.4. The minimum absolute atomic E-state index is 0.0777. The summed E-state index contributed by atoms with van der Waals surface area (Å²) in [6.07, 6.45) is 4.65. The molecule has 3 aliphatic rings. The van der Waals surface area contributed by atoms with E-state index in [0.717, 1.165) is 29.8 Å². The molecule has 0 spiro atoms. The number of hydrogen-bond acceptors (Lipinski definition) is 5. The molecule has 2 aromatic rings. The fraction of sp³-hybridized carbons (Fsp3) is 0.370. The van der Waals surface area contributed by atoms with Gasteiger partial charge < -0.3 is 25.1 Å². The number of anilines is 1. The van der Waals surface area contributed by atoms with Crippen molar-refractivity contribution < 1.29 is 19.5 Å². The second-order valence-electron chi connectivity index (χ2n) is 9.41. The average molecular weight is 475 g/mol. The number of carbonyl (C=O) groups excluding carboxylic acids is 3. The van der Waals surface area contributed by atoms with Crippen molar-refractivity contribution in [2.24, 2.45) is 0 Å². The first kappa shape index (κ1) is 23.1. The summed E-state index contributed by atoms with van der Waals surface area (Å²) in [6, 6.07) is 13.8. The Kier molecular flexibility index (Phi) is 6.30. The molecule has 3 heterocycles. The standard InChI is InChI=1S/C27H30N4O4/c1-18(30-16-20-6-2-3-7-23(20)27(30)35)26(34)31-17-22(32)14-24(31)25(33)28-15-19-8-10-21(11-9-19)29-12-4-5-13-29/h2-4,6-12,18,22,24,32H,5,13-17H2,1H3,(H,28,33)/t18-,22+,24-/m0/s1. The minimum atomic E-state index is -0.777. The van der Waals surface area contributed by atoms with E-state index in [1.807, 2.05) is 36.4 Å². The molecule has 1 saturated heterocycles. The number of rotatable bonds is 6. The van der Waals surface area contributed by atoms with Crippen molar-refractivity contribution in [2.75, 3.05) is 18.0 Å². The summed E-state index contributed by atoms with van der Waals surface area (Å²) in [5, 5.41) is 13.2. The zero-order valence-corrected chi connectivity index (χ0v) is 19.8. The number of hydrogen-bond donors (Lipinski definition) is 2. The van der Waals surface area contributed by atoms with E-state index < -0.39 is 18.2 Å². The highest BCUT2D eigenvalue weighted by atomic mass is 16.3. The van der Waals surface area contributed by atoms with Gasteiger partial charge in [0.05, 0.1) is 6.10 Å². The Labute approximate surface area is 204 Å². The molecule has 5 rings (SSSR count). The predicted octanol–water partition coefficient (Wildman–Crippen LogP) is 2.03. The van der Waals surface area contributed by atoms with Crippen LogP contribution < -0.4 is 10.2 Å². The average Bonchev–Trinajstić information content (AvgIpc) is 3.62. The van der Waals surface area contributed by atoms with E-state index in [-0.39, 0.29) is 30.7 Å². The number of amides is 3. The molecule has 0 aromatic heterocycles. The summed E-state index contributed by atoms with van der Waals surface area (Å²) in [4.78, 5) is 44.3. The zero-order valence-electron chi connectivity index (χ0n) is 19.8. The largest absolute Gasteiger partial charge is 0.391 e. The number of fused-ring (bicyclic) bond motifs is 1. The molecule has 0 bridgehead atoms. The Morgan fingerprint density at radius 2 is 1.91 bits per heavy atom. The van der Waals surface area contributed by atoms with Crippen molar-refractivity contribution in [2.45, 2.75) is 51.0 Å². The van der Waals surface area contributed by atoms with Crippen LogP contribution in [0, 0.1) is 0 Å². The number of carbonyl (C=O) groups is 3. The van der Waals surface area contributed by atoms with Gasteiger partial charge in [0.15, 0.2) is 0 Å². The number of aliphatic hydroxyl groups is 1. The molecule has 8 nitrogen and oxygen atoms in total. The normalized spacial score (nSPS) is 22.0. The molecule has 0 saturated carbocycles. The molecule has 3 amide bonds. The second-order valence-corrected chi connectivity index (χ2v) is 9.41. The lowest BCUT2D eigenvalue weighted by Crippen LogP contribution is -2.52. The van der Waals surface area contributed by atoms with Crippen LogP contribution in [0.5, 0.6) is 0 Å². The summed E-state index contributed by atoms with van der Waals surface area (Å²) in [5.41, 5.74) is 3.56. The number of nitrogens with zero attached hydrogens (tertiary/aromatic N) is 3. The summed E-state index contributed by atoms with van der Waals surface area (Å²) < 4.78 is 0. The Bertz CT molecular complexity index is 1160. The molecule has 2 aromatic carbocycles. The molecule has 3 aliphatic heterocycles. The first-order valence-corrected chi connectivity index (χ1v) is 12.1. The molecular weight excluding hydrogens is 444 g/mol. The minimum Gasteiger partial charge on any atom is -0.391 e. The number of benzene rings is 2. The van der Waals surface area contributed by atoms with Gasteiger partial charge in [0, 0.05) is 50.1 Å². The molecule has 1 fully saturated rings. The molecule has 0 unspecified atom stereocenters. The van der Waals surface area contributed by atoms with Gasteiger partial charge in [-0.05, 0) is 42.7 Å². The Morgan fingerprint density at radius 3 is 2.63 bits per heavy atom. The third-order valence-electron chi connectivity index (χ3n) is 7.10. The van der Waals surface area contributed by atoms with Gasteiger partial charge in [-0.1, -0.05) is 36.4 Å². The number of β-amino-alcohol motifs (C(OH)–C–C–N with tert-alkyl or cyclic N) is 1. The van der Waals surface area contributed by atoms with Gasteiger partial charge in [0.2, 0.25) is 11.8 Å². The monoisotopic (exact) mass is 474 g/mol. The van der Waals surface area contributed by atoms with Crippen molar-refractivity contribution in [1.29, 1.82) is 0 Å². The summed E-state index contributed by atoms with van der Waals surface area (Å²) in [5.74, 6) is -0.814. The third kappa shape index (κ3) is 4.53. The van der Waals surface area contributed by atoms with E-state index in [9.17, 15) is 19.5 Å². The van der Waals surface area contributed by atoms with Crippen molar-refractivity contribution in [3.63, 3.8) is 0 Å². The molecule has 8 heteroatoms. The van der Waals surface area contributed by atoms with Crippen LogP contribution in [-0.4, -0.2) is 63.9 Å². The van der Waals surface area contributed by atoms with E-state index in [2.05, 4.69) is 22.5 Å². The van der Waals surface area contributed by atoms with Gasteiger partial charge in [0.25, 0.3) is 5.91 Å². The van der Waals surface area contributed by atoms with E-state index >= 15 is 0 Å². The van der Waals surface area contributed by atoms with E-state index in [4.69, 9.17) is 0 Å². The van der Waals surface area contributed by atoms with Gasteiger partial charge >= 0.3 is 0 Å². The van der Waals surface area contributed by atoms with Gasteiger partial charge in [-0.25, -0.2) is 0 Å². The Hall–Kier alpha value is -3.65. The fourth-order valence-electron chi connectivity index (χ4n) is 5.09. The van der Waals surface area contributed by atoms with Crippen LogP contribution in [-0.2, 0) is 22.7 Å². The third-order valence-corrected chi connectivity index (χ3v) is 7.10. The van der Waals surface area contributed by atoms with Gasteiger partial charge in [-0.3, -0.25) is 14.4 Å². The lowest BCUT2D eigenvalue weighted by molar-refractivity contribution is -0.141. The SMILES string of the molecule is C[C@@H](C(=O)N1C[C@H](O)C[C@H]1C(=O)NCc1ccc(N2C=CCC2)cc1)N1Cc2ccccc2C1=O. The van der Waals surface area contributed by atoms with Crippen LogP contribution >= 0.6 is 0 Å². The molecule has 0 aliphatic carbocycles. The van der Waals surface area contributed by atoms with Crippen molar-refractivity contribution in [1.82, 2.24) is 15.1 Å². The van der Waals surface area contributed by atoms with Crippen molar-refractivity contribution in [3.05, 3.63) is 77.5 Å². The molecular formula is C27H30N4O4. The van der Waals surface area contributed by atoms with E-state index in [1.54, 1.807) is 19.1 Å². The van der Waals surface area contributed by atoms with Crippen LogP contribution in [0.25, 0.3) is 0 Å². The highest BCUT2D eigenvalue weighted by Gasteiger charge is 2.43. The molecule has 0 radical (unpaired) electrons. The number of aliphatic hydroxyl groups excluding tert-OH is 1. The first-order valence-electron chi connectivity index (χ1n) is 12.1. The number of likely N-dealkylation sites (tertiary alicyclic amines) is 1. The molecule has 182 valence electrons. The molecule has 2 N–H and O–H groups in total. The highest BCUT2D eigenvalue weighted by Crippen LogP contribution is 2.27. The Morgan fingerprint density at radius 1 is 1.14 bits per heavy atom. The zero-order chi connectivity index (χ0) is 24.5. The lowest BCUT2D eigenvalue weighted by Gasteiger charge is -2.30. The number of nitrogens with one attached hydrogen (secondary N) is 1. The van der Waals surface area contributed by atoms with Crippen LogP contribution in [0.2, 0.25) is 0 Å². The summed E-state index contributed by atoms with van der Waals surface area (Å²) >= 11 is 0. The topological polar surface area (TPSA) is 93.2 Å². The van der Waals surface area contributed by atoms with E-state index in [1.165, 1.54) is 9.80 Å². The quantitative estimate of drug-likeness (QED) is 0.668. The summed E-state index contributed by atoms with van der Waals surface area (Å²) in [6.45, 7) is 3.42. The molecule has 35 heavy (non-hydrogen) atoms. The molecule has 3 atom stereocenters. The van der Waals surface area contributed by atoms with E-state index in [0.29, 0.717) is 18.7 Å². The van der Waals surface area contributed by atoms with Crippen LogP contribution in [0.4, 0.5) is 5.69 Å². The predicted molar refractivity (Wildman–Crippen MR) is 131 cm³/mol. The lowest BCUT2D eigenvalue weighted by atomic mass is 10.1. The maximum Gasteiger partial charge on any atom is 0.255 e. The highest BCUT2D eigenvalue weighted by molar-refractivity contribution is 6.01. The van der Waals surface area contributed by atoms with Crippen molar-refractivity contribution >= 4 is 23.4 Å². The van der Waals surface area contributed by atoms with Gasteiger partial charge in [-0.2, -0.15) is 0 Å². The van der Waals surface area contributed by atoms with Crippen molar-refractivity contribution in [3.8, 4) is 0 Å². The smallest absolute Gasteiger partial charge is 0.255 e. The van der Waals surface area contributed by atoms with Crippen LogP contribution in [0.15, 0.2) is 60.8 Å². The summed E-state index contributed by atoms with van der Waals surface area (Å²) in [7, 11) is 0. The van der Waals surface area contributed by atoms with Gasteiger partial charge in [-0.15, -0.1) is 0 Å². The Balaban J connectivity index is 1.21. The first-order chi connectivity index (χ1) is 16.9. The van der Waals surface area contributed by atoms with Gasteiger partial charge in [0.1, 0.15) is 12.1 Å². The fourth-order valence-corrected chi connectivity index (χ4v) is 5.09. The van der Waals surface area contributed by atoms with Crippen LogP contribution in [0.1, 0.15) is 41.3 Å². The maximum absolute atomic E-state index is 13.4. The second kappa shape index (κ2) is 9.54. The van der Waals surface area contributed by atoms with Crippen LogP contribution in [0.3, 0.4) is 0 Å².